The SMILES string of the molecule is CCCCCN1c2ccc(C(=O)N3CCCCC3)cc2C2=CC=CCC21. The van der Waals surface area contributed by atoms with Crippen LogP contribution in [0.15, 0.2) is 36.4 Å². The van der Waals surface area contributed by atoms with Gasteiger partial charge in [0.05, 0.1) is 6.04 Å². The molecule has 4 rings (SSSR count). The molecule has 26 heavy (non-hydrogen) atoms. The van der Waals surface area contributed by atoms with E-state index in [1.807, 2.05) is 11.0 Å². The van der Waals surface area contributed by atoms with Crippen molar-refractivity contribution in [1.82, 2.24) is 4.90 Å². The van der Waals surface area contributed by atoms with E-state index in [1.54, 1.807) is 0 Å². The van der Waals surface area contributed by atoms with Crippen LogP contribution < -0.4 is 4.90 Å². The first-order chi connectivity index (χ1) is 12.8. The Kier molecular flexibility index (Phi) is 5.14. The molecule has 3 nitrogen and oxygen atoms in total. The van der Waals surface area contributed by atoms with Crippen LogP contribution in [0.25, 0.3) is 5.57 Å². The number of fused-ring (bicyclic) bond motifs is 3. The van der Waals surface area contributed by atoms with Gasteiger partial charge in [0.25, 0.3) is 5.91 Å². The van der Waals surface area contributed by atoms with Gasteiger partial charge in [-0.2, -0.15) is 0 Å². The molecule has 1 amide bonds. The maximum absolute atomic E-state index is 12.9. The Bertz CT molecular complexity index is 728. The van der Waals surface area contributed by atoms with Crippen LogP contribution in [0.4, 0.5) is 5.69 Å². The van der Waals surface area contributed by atoms with Gasteiger partial charge in [-0.25, -0.2) is 0 Å². The number of allylic oxidation sites excluding steroid dienone is 2. The Balaban J connectivity index is 1.62. The minimum Gasteiger partial charge on any atom is -0.364 e. The highest BCUT2D eigenvalue weighted by Gasteiger charge is 2.34. The molecule has 1 atom stereocenters. The molecule has 1 aliphatic carbocycles. The lowest BCUT2D eigenvalue weighted by Gasteiger charge is -2.28. The van der Waals surface area contributed by atoms with Gasteiger partial charge in [-0.05, 0) is 55.9 Å². The van der Waals surface area contributed by atoms with Gasteiger partial charge in [0, 0.05) is 36.4 Å². The second-order valence-corrected chi connectivity index (χ2v) is 7.79. The van der Waals surface area contributed by atoms with Crippen molar-refractivity contribution in [2.75, 3.05) is 24.5 Å². The van der Waals surface area contributed by atoms with E-state index in [4.69, 9.17) is 0 Å². The maximum atomic E-state index is 12.9. The van der Waals surface area contributed by atoms with Crippen LogP contribution in [0.3, 0.4) is 0 Å². The van der Waals surface area contributed by atoms with Crippen LogP contribution in [0.2, 0.25) is 0 Å². The van der Waals surface area contributed by atoms with Crippen LogP contribution in [0.5, 0.6) is 0 Å². The standard InChI is InChI=1S/C23H30N2O/c1-2-3-7-16-25-21-11-6-5-10-19(21)20-17-18(12-13-22(20)25)23(26)24-14-8-4-9-15-24/h5-6,10,12-13,17,21H,2-4,7-9,11,14-16H2,1H3. The summed E-state index contributed by atoms with van der Waals surface area (Å²) >= 11 is 0. The molecule has 0 N–H and O–H groups in total. The number of unbranched alkanes of at least 4 members (excludes halogenated alkanes) is 2. The summed E-state index contributed by atoms with van der Waals surface area (Å²) in [4.78, 5) is 17.5. The van der Waals surface area contributed by atoms with E-state index < -0.39 is 0 Å². The molecule has 0 bridgehead atoms. The van der Waals surface area contributed by atoms with E-state index in [2.05, 4.69) is 42.2 Å². The fourth-order valence-corrected chi connectivity index (χ4v) is 4.59. The quantitative estimate of drug-likeness (QED) is 0.695. The summed E-state index contributed by atoms with van der Waals surface area (Å²) in [5.41, 5.74) is 4.84. The number of carbonyl (C=O) groups is 1. The van der Waals surface area contributed by atoms with Crippen molar-refractivity contribution >= 4 is 17.2 Å². The van der Waals surface area contributed by atoms with E-state index in [9.17, 15) is 4.79 Å². The van der Waals surface area contributed by atoms with Crippen LogP contribution in [-0.2, 0) is 0 Å². The predicted molar refractivity (Wildman–Crippen MR) is 109 cm³/mol. The first-order valence-electron chi connectivity index (χ1n) is 10.4. The van der Waals surface area contributed by atoms with E-state index in [0.717, 1.165) is 44.5 Å². The lowest BCUT2D eigenvalue weighted by atomic mass is 9.95. The number of carbonyl (C=O) groups excluding carboxylic acids is 1. The number of hydrogen-bond donors (Lipinski definition) is 0. The molecule has 1 aromatic carbocycles. The summed E-state index contributed by atoms with van der Waals surface area (Å²) in [6, 6.07) is 6.85. The molecular formula is C23H30N2O. The minimum atomic E-state index is 0.209. The number of hydrogen-bond acceptors (Lipinski definition) is 2. The highest BCUT2D eigenvalue weighted by Crippen LogP contribution is 2.44. The van der Waals surface area contributed by atoms with E-state index in [0.29, 0.717) is 6.04 Å². The topological polar surface area (TPSA) is 23.6 Å². The molecule has 1 fully saturated rings. The first kappa shape index (κ1) is 17.4. The van der Waals surface area contributed by atoms with Gasteiger partial charge in [-0.3, -0.25) is 4.79 Å². The summed E-state index contributed by atoms with van der Waals surface area (Å²) < 4.78 is 0. The van der Waals surface area contributed by atoms with Crippen molar-refractivity contribution in [3.05, 3.63) is 47.6 Å². The van der Waals surface area contributed by atoms with Crippen LogP contribution in [0, 0.1) is 0 Å². The molecule has 1 aromatic rings. The molecule has 2 aliphatic heterocycles. The molecule has 0 aromatic heterocycles. The van der Waals surface area contributed by atoms with E-state index >= 15 is 0 Å². The molecule has 0 saturated carbocycles. The van der Waals surface area contributed by atoms with Gasteiger partial charge in [0.15, 0.2) is 0 Å². The zero-order chi connectivity index (χ0) is 17.9. The van der Waals surface area contributed by atoms with Crippen molar-refractivity contribution in [3.8, 4) is 0 Å². The summed E-state index contributed by atoms with van der Waals surface area (Å²) in [5, 5.41) is 0. The fourth-order valence-electron chi connectivity index (χ4n) is 4.59. The van der Waals surface area contributed by atoms with Crippen LogP contribution in [-0.4, -0.2) is 36.5 Å². The largest absolute Gasteiger partial charge is 0.364 e. The van der Waals surface area contributed by atoms with Crippen LogP contribution >= 0.6 is 0 Å². The summed E-state index contributed by atoms with van der Waals surface area (Å²) in [6.07, 6.45) is 15.1. The first-order valence-corrected chi connectivity index (χ1v) is 10.4. The van der Waals surface area contributed by atoms with Crippen molar-refractivity contribution in [2.45, 2.75) is 57.9 Å². The number of amides is 1. The maximum Gasteiger partial charge on any atom is 0.253 e. The van der Waals surface area contributed by atoms with Crippen molar-refractivity contribution < 1.29 is 4.79 Å². The second kappa shape index (κ2) is 7.69. The third-order valence-corrected chi connectivity index (χ3v) is 6.02. The third-order valence-electron chi connectivity index (χ3n) is 6.02. The zero-order valence-electron chi connectivity index (χ0n) is 15.9. The molecule has 138 valence electrons. The van der Waals surface area contributed by atoms with Crippen molar-refractivity contribution in [1.29, 1.82) is 0 Å². The monoisotopic (exact) mass is 350 g/mol. The van der Waals surface area contributed by atoms with Crippen molar-refractivity contribution in [2.24, 2.45) is 0 Å². The summed E-state index contributed by atoms with van der Waals surface area (Å²) in [5.74, 6) is 0.209. The average molecular weight is 351 g/mol. The summed E-state index contributed by atoms with van der Waals surface area (Å²) in [6.45, 7) is 5.18. The van der Waals surface area contributed by atoms with Gasteiger partial charge in [0.2, 0.25) is 0 Å². The Morgan fingerprint density at radius 1 is 1.15 bits per heavy atom. The number of benzene rings is 1. The van der Waals surface area contributed by atoms with E-state index in [1.165, 1.54) is 42.5 Å². The smallest absolute Gasteiger partial charge is 0.253 e. The summed E-state index contributed by atoms with van der Waals surface area (Å²) in [7, 11) is 0. The van der Waals surface area contributed by atoms with E-state index in [-0.39, 0.29) is 5.91 Å². The molecule has 3 aliphatic rings. The predicted octanol–water partition coefficient (Wildman–Crippen LogP) is 5.03. The highest BCUT2D eigenvalue weighted by atomic mass is 16.2. The van der Waals surface area contributed by atoms with Gasteiger partial charge in [-0.1, -0.05) is 38.0 Å². The van der Waals surface area contributed by atoms with Gasteiger partial charge < -0.3 is 9.80 Å². The molecule has 1 unspecified atom stereocenters. The van der Waals surface area contributed by atoms with Gasteiger partial charge in [-0.15, -0.1) is 0 Å². The Morgan fingerprint density at radius 2 is 2.00 bits per heavy atom. The number of nitrogens with zero attached hydrogens (tertiary/aromatic N) is 2. The molecule has 3 heteroatoms. The van der Waals surface area contributed by atoms with Gasteiger partial charge >= 0.3 is 0 Å². The molecular weight excluding hydrogens is 320 g/mol. The lowest BCUT2D eigenvalue weighted by Crippen LogP contribution is -2.35. The second-order valence-electron chi connectivity index (χ2n) is 7.79. The fraction of sp³-hybridized carbons (Fsp3) is 0.522. The third kappa shape index (κ3) is 3.20. The minimum absolute atomic E-state index is 0.209. The highest BCUT2D eigenvalue weighted by molar-refractivity contribution is 5.98. The molecule has 1 saturated heterocycles. The number of likely N-dealkylation sites (tertiary alicyclic amines) is 1. The molecule has 2 heterocycles. The van der Waals surface area contributed by atoms with Crippen molar-refractivity contribution in [3.63, 3.8) is 0 Å². The molecule has 0 radical (unpaired) electrons. The number of rotatable bonds is 5. The Hall–Kier alpha value is -2.03. The molecule has 0 spiro atoms. The number of piperidine rings is 1. The van der Waals surface area contributed by atoms with Gasteiger partial charge in [0.1, 0.15) is 0 Å². The normalized spacial score (nSPS) is 21.4. The van der Waals surface area contributed by atoms with Crippen LogP contribution in [0.1, 0.15) is 67.8 Å². The Morgan fingerprint density at radius 3 is 2.81 bits per heavy atom. The number of anilines is 1. The Labute approximate surface area is 157 Å². The lowest BCUT2D eigenvalue weighted by molar-refractivity contribution is 0.0724. The zero-order valence-corrected chi connectivity index (χ0v) is 15.9. The average Bonchev–Trinajstić information content (AvgIpc) is 3.02.